The van der Waals surface area contributed by atoms with Crippen LogP contribution in [0.2, 0.25) is 0 Å². The quantitative estimate of drug-likeness (QED) is 0.470. The third-order valence-electron chi connectivity index (χ3n) is 4.13. The smallest absolute Gasteiger partial charge is 0.210 e. The summed E-state index contributed by atoms with van der Waals surface area (Å²) in [6.07, 6.45) is 1.65. The summed E-state index contributed by atoms with van der Waals surface area (Å²) in [5, 5.41) is 0. The largest absolute Gasteiger partial charge is 0.337 e. The molecule has 0 aliphatic carbocycles. The number of fused-ring (bicyclic) bond motifs is 1. The number of para-hydroxylation sites is 2. The Morgan fingerprint density at radius 3 is 2.26 bits per heavy atom. The number of H-pyrrole nitrogens is 1. The van der Waals surface area contributed by atoms with Crippen LogP contribution in [0.1, 0.15) is 11.4 Å². The molecule has 0 aliphatic rings. The molecule has 0 radical (unpaired) electrons. The van der Waals surface area contributed by atoms with Crippen LogP contribution in [-0.2, 0) is 9.84 Å². The average molecular weight is 439 g/mol. The number of rotatable bonds is 4. The lowest BCUT2D eigenvalue weighted by molar-refractivity contribution is 0.606. The van der Waals surface area contributed by atoms with E-state index in [0.717, 1.165) is 21.1 Å². The minimum atomic E-state index is -3.75. The van der Waals surface area contributed by atoms with Crippen molar-refractivity contribution in [3.63, 3.8) is 0 Å². The van der Waals surface area contributed by atoms with Gasteiger partial charge >= 0.3 is 0 Å². The number of hydrogen-bond donors (Lipinski definition) is 1. The first-order valence-electron chi connectivity index (χ1n) is 8.26. The average Bonchev–Trinajstić information content (AvgIpc) is 3.11. The summed E-state index contributed by atoms with van der Waals surface area (Å²) in [5.74, 6) is 0.322. The van der Waals surface area contributed by atoms with Crippen molar-refractivity contribution in [2.75, 3.05) is 0 Å². The molecule has 3 aromatic carbocycles. The Bertz CT molecular complexity index is 1200. The third kappa shape index (κ3) is 3.59. The van der Waals surface area contributed by atoms with Gasteiger partial charge < -0.3 is 4.98 Å². The van der Waals surface area contributed by atoms with Crippen molar-refractivity contribution >= 4 is 47.8 Å². The number of benzene rings is 3. The van der Waals surface area contributed by atoms with Gasteiger partial charge in [-0.2, -0.15) is 0 Å². The molecule has 0 fully saturated rings. The number of nitrogens with zero attached hydrogens (tertiary/aromatic N) is 1. The molecule has 134 valence electrons. The van der Waals surface area contributed by atoms with Crippen LogP contribution in [0.4, 0.5) is 0 Å². The Balaban J connectivity index is 1.93. The minimum absolute atomic E-state index is 0.132. The monoisotopic (exact) mass is 438 g/mol. The lowest BCUT2D eigenvalue weighted by Crippen LogP contribution is -2.05. The molecule has 4 nitrogen and oxygen atoms in total. The molecule has 0 saturated heterocycles. The topological polar surface area (TPSA) is 62.8 Å². The molecular weight excluding hydrogens is 424 g/mol. The van der Waals surface area contributed by atoms with Gasteiger partial charge in [0.25, 0.3) is 0 Å². The maximum atomic E-state index is 13.3. The molecule has 4 rings (SSSR count). The van der Waals surface area contributed by atoms with E-state index in [1.54, 1.807) is 36.4 Å². The van der Waals surface area contributed by atoms with Crippen LogP contribution in [0, 0.1) is 0 Å². The summed E-state index contributed by atoms with van der Waals surface area (Å²) in [6.45, 7) is 0. The Morgan fingerprint density at radius 1 is 0.889 bits per heavy atom. The maximum absolute atomic E-state index is 13.3. The van der Waals surface area contributed by atoms with Crippen molar-refractivity contribution in [2.45, 2.75) is 4.90 Å². The number of halogens is 1. The predicted octanol–water partition coefficient (Wildman–Crippen LogP) is 5.30. The van der Waals surface area contributed by atoms with Crippen LogP contribution in [0.25, 0.3) is 22.0 Å². The van der Waals surface area contributed by atoms with Crippen LogP contribution in [0.5, 0.6) is 0 Å². The van der Waals surface area contributed by atoms with Crippen LogP contribution >= 0.6 is 15.9 Å². The van der Waals surface area contributed by atoms with E-state index in [9.17, 15) is 8.42 Å². The van der Waals surface area contributed by atoms with Gasteiger partial charge in [0.05, 0.1) is 15.9 Å². The third-order valence-corrected chi connectivity index (χ3v) is 6.45. The van der Waals surface area contributed by atoms with Crippen molar-refractivity contribution in [3.8, 4) is 0 Å². The number of imidazole rings is 1. The zero-order valence-electron chi connectivity index (χ0n) is 14.1. The highest BCUT2D eigenvalue weighted by Gasteiger charge is 2.25. The van der Waals surface area contributed by atoms with Crippen LogP contribution in [0.3, 0.4) is 0 Å². The van der Waals surface area contributed by atoms with Gasteiger partial charge in [-0.25, -0.2) is 13.4 Å². The molecule has 4 aromatic rings. The number of aromatic amines is 1. The number of hydrogen-bond acceptors (Lipinski definition) is 3. The lowest BCUT2D eigenvalue weighted by atomic mass is 10.2. The second-order valence-corrected chi connectivity index (χ2v) is 8.81. The standard InChI is InChI=1S/C21H15BrN2O2S/c22-16-12-10-15(11-13-16)14-20(27(25,26)17-6-2-1-3-7-17)21-23-18-8-4-5-9-19(18)24-21/h1-14H,(H,23,24). The summed E-state index contributed by atoms with van der Waals surface area (Å²) in [6, 6.07) is 23.3. The molecule has 0 saturated carbocycles. The SMILES string of the molecule is O=S(=O)(C(=Cc1ccc(Br)cc1)c1nc2ccccc2[nH]1)c1ccccc1. The summed E-state index contributed by atoms with van der Waals surface area (Å²) < 4.78 is 27.6. The molecule has 1 N–H and O–H groups in total. The maximum Gasteiger partial charge on any atom is 0.210 e. The van der Waals surface area contributed by atoms with E-state index in [0.29, 0.717) is 5.82 Å². The molecule has 0 aliphatic heterocycles. The first-order chi connectivity index (χ1) is 13.0. The predicted molar refractivity (Wildman–Crippen MR) is 112 cm³/mol. The second-order valence-electron chi connectivity index (χ2n) is 5.98. The Hall–Kier alpha value is -2.70. The van der Waals surface area contributed by atoms with Gasteiger partial charge in [0.1, 0.15) is 10.7 Å². The van der Waals surface area contributed by atoms with E-state index < -0.39 is 9.84 Å². The fourth-order valence-electron chi connectivity index (χ4n) is 2.78. The molecule has 1 heterocycles. The van der Waals surface area contributed by atoms with E-state index in [1.807, 2.05) is 48.5 Å². The molecule has 0 unspecified atom stereocenters. The van der Waals surface area contributed by atoms with E-state index in [1.165, 1.54) is 0 Å². The fraction of sp³-hybridized carbons (Fsp3) is 0. The highest BCUT2D eigenvalue weighted by atomic mass is 79.9. The van der Waals surface area contributed by atoms with Crippen LogP contribution in [-0.4, -0.2) is 18.4 Å². The van der Waals surface area contributed by atoms with E-state index >= 15 is 0 Å². The number of aromatic nitrogens is 2. The molecule has 0 atom stereocenters. The van der Waals surface area contributed by atoms with Crippen molar-refractivity contribution in [1.29, 1.82) is 0 Å². The van der Waals surface area contributed by atoms with Crippen molar-refractivity contribution < 1.29 is 8.42 Å². The number of sulfone groups is 1. The Morgan fingerprint density at radius 2 is 1.56 bits per heavy atom. The summed E-state index contributed by atoms with van der Waals surface area (Å²) in [7, 11) is -3.75. The van der Waals surface area contributed by atoms with Gasteiger partial charge in [-0.15, -0.1) is 0 Å². The van der Waals surface area contributed by atoms with E-state index in [2.05, 4.69) is 25.9 Å². The highest BCUT2D eigenvalue weighted by Crippen LogP contribution is 2.30. The summed E-state index contributed by atoms with van der Waals surface area (Å²) >= 11 is 3.40. The van der Waals surface area contributed by atoms with Crippen molar-refractivity contribution in [1.82, 2.24) is 9.97 Å². The Kier molecular flexibility index (Phi) is 4.68. The molecular formula is C21H15BrN2O2S. The summed E-state index contributed by atoms with van der Waals surface area (Å²) in [4.78, 5) is 8.00. The molecule has 0 amide bonds. The van der Waals surface area contributed by atoms with Crippen LogP contribution < -0.4 is 0 Å². The number of nitrogens with one attached hydrogen (secondary N) is 1. The van der Waals surface area contributed by atoms with Crippen molar-refractivity contribution in [3.05, 3.63) is 94.7 Å². The molecule has 27 heavy (non-hydrogen) atoms. The van der Waals surface area contributed by atoms with Gasteiger partial charge in [0.2, 0.25) is 9.84 Å². The van der Waals surface area contributed by atoms with Gasteiger partial charge in [-0.3, -0.25) is 0 Å². The molecule has 6 heteroatoms. The van der Waals surface area contributed by atoms with E-state index in [-0.39, 0.29) is 9.80 Å². The zero-order chi connectivity index (χ0) is 18.9. The first-order valence-corrected chi connectivity index (χ1v) is 10.5. The minimum Gasteiger partial charge on any atom is -0.337 e. The molecule has 0 bridgehead atoms. The second kappa shape index (κ2) is 7.13. The van der Waals surface area contributed by atoms with Gasteiger partial charge in [-0.1, -0.05) is 58.4 Å². The van der Waals surface area contributed by atoms with Gasteiger partial charge in [-0.05, 0) is 48.0 Å². The van der Waals surface area contributed by atoms with Crippen molar-refractivity contribution in [2.24, 2.45) is 0 Å². The highest BCUT2D eigenvalue weighted by molar-refractivity contribution is 9.10. The molecule has 0 spiro atoms. The normalized spacial score (nSPS) is 12.4. The zero-order valence-corrected chi connectivity index (χ0v) is 16.5. The summed E-state index contributed by atoms with van der Waals surface area (Å²) in [5.41, 5.74) is 2.28. The fourth-order valence-corrected chi connectivity index (χ4v) is 4.46. The first kappa shape index (κ1) is 17.7. The molecule has 1 aromatic heterocycles. The van der Waals surface area contributed by atoms with E-state index in [4.69, 9.17) is 0 Å². The van der Waals surface area contributed by atoms with Crippen LogP contribution in [0.15, 0.2) is 88.2 Å². The Labute approximate surface area is 165 Å². The van der Waals surface area contributed by atoms with Gasteiger partial charge in [0, 0.05) is 4.47 Å². The lowest BCUT2D eigenvalue weighted by Gasteiger charge is -2.08. The van der Waals surface area contributed by atoms with Gasteiger partial charge in [0.15, 0.2) is 0 Å².